The van der Waals surface area contributed by atoms with Gasteiger partial charge in [-0.25, -0.2) is 0 Å². The third-order valence-electron chi connectivity index (χ3n) is 4.77. The Balaban J connectivity index is 1.90. The van der Waals surface area contributed by atoms with Crippen LogP contribution in [0.4, 0.5) is 0 Å². The van der Waals surface area contributed by atoms with E-state index in [1.54, 1.807) is 10.8 Å². The molecular formula is C19H24OSi. The lowest BCUT2D eigenvalue weighted by Crippen LogP contribution is -2.29. The van der Waals surface area contributed by atoms with Crippen LogP contribution in [0.1, 0.15) is 24.0 Å². The Hall–Kier alpha value is -1.38. The Bertz CT molecular complexity index is 635. The predicted octanol–water partition coefficient (Wildman–Crippen LogP) is 4.51. The summed E-state index contributed by atoms with van der Waals surface area (Å²) in [6, 6.07) is 9.90. The first-order valence-electron chi connectivity index (χ1n) is 7.92. The van der Waals surface area contributed by atoms with Gasteiger partial charge < -0.3 is 5.11 Å². The molecule has 21 heavy (non-hydrogen) atoms. The molecule has 0 aliphatic heterocycles. The Morgan fingerprint density at radius 3 is 2.76 bits per heavy atom. The number of fused-ring (bicyclic) bond motifs is 1. The van der Waals surface area contributed by atoms with Crippen LogP contribution in [0.5, 0.6) is 0 Å². The third-order valence-corrected chi connectivity index (χ3v) is 8.30. The van der Waals surface area contributed by atoms with Crippen LogP contribution < -0.4 is 0 Å². The molecule has 0 amide bonds. The van der Waals surface area contributed by atoms with E-state index in [9.17, 15) is 0 Å². The molecule has 0 saturated heterocycles. The van der Waals surface area contributed by atoms with Gasteiger partial charge in [-0.1, -0.05) is 66.8 Å². The average Bonchev–Trinajstić information content (AvgIpc) is 3.11. The fourth-order valence-corrected chi connectivity index (χ4v) is 6.53. The quantitative estimate of drug-likeness (QED) is 0.792. The molecule has 0 unspecified atom stereocenters. The molecule has 2 aliphatic carbocycles. The van der Waals surface area contributed by atoms with Gasteiger partial charge in [0.15, 0.2) is 0 Å². The lowest BCUT2D eigenvalue weighted by Gasteiger charge is -2.25. The normalized spacial score (nSPS) is 17.4. The molecule has 1 aromatic carbocycles. The largest absolute Gasteiger partial charge is 0.396 e. The molecule has 0 atom stereocenters. The number of allylic oxidation sites excluding steroid dienone is 5. The minimum Gasteiger partial charge on any atom is -0.396 e. The minimum absolute atomic E-state index is 0.316. The fraction of sp³-hybridized carbons (Fsp3) is 0.368. The molecule has 3 rings (SSSR count). The van der Waals surface area contributed by atoms with Crippen LogP contribution in [0.15, 0.2) is 52.8 Å². The summed E-state index contributed by atoms with van der Waals surface area (Å²) in [5.41, 5.74) is 5.93. The predicted molar refractivity (Wildman–Crippen MR) is 92.9 cm³/mol. The molecule has 0 spiro atoms. The van der Waals surface area contributed by atoms with E-state index in [1.807, 2.05) is 0 Å². The van der Waals surface area contributed by atoms with Gasteiger partial charge in [0.2, 0.25) is 0 Å². The first-order chi connectivity index (χ1) is 10.1. The van der Waals surface area contributed by atoms with Gasteiger partial charge in [-0.05, 0) is 41.5 Å². The number of aliphatic hydroxyl groups excluding tert-OH is 1. The molecule has 1 nitrogen and oxygen atoms in total. The number of hydrogen-bond donors (Lipinski definition) is 1. The van der Waals surface area contributed by atoms with E-state index in [0.29, 0.717) is 6.61 Å². The fourth-order valence-electron chi connectivity index (χ4n) is 3.57. The molecule has 0 saturated carbocycles. The van der Waals surface area contributed by atoms with Gasteiger partial charge in [-0.3, -0.25) is 0 Å². The summed E-state index contributed by atoms with van der Waals surface area (Å²) >= 11 is 0. The van der Waals surface area contributed by atoms with Crippen LogP contribution in [0.3, 0.4) is 0 Å². The highest BCUT2D eigenvalue weighted by Crippen LogP contribution is 2.39. The van der Waals surface area contributed by atoms with Crippen LogP contribution >= 0.6 is 0 Å². The Labute approximate surface area is 128 Å². The van der Waals surface area contributed by atoms with Crippen molar-refractivity contribution >= 4 is 14.1 Å². The van der Waals surface area contributed by atoms with Crippen LogP contribution in [0, 0.1) is 0 Å². The summed E-state index contributed by atoms with van der Waals surface area (Å²) in [4.78, 5) is 0. The third kappa shape index (κ3) is 2.83. The number of hydrogen-bond acceptors (Lipinski definition) is 1. The summed E-state index contributed by atoms with van der Waals surface area (Å²) < 4.78 is 0. The summed E-state index contributed by atoms with van der Waals surface area (Å²) in [5.74, 6) is 0. The van der Waals surface area contributed by atoms with Crippen LogP contribution in [-0.4, -0.2) is 19.8 Å². The van der Waals surface area contributed by atoms with E-state index >= 15 is 0 Å². The van der Waals surface area contributed by atoms with Crippen molar-refractivity contribution in [3.63, 3.8) is 0 Å². The zero-order valence-corrected chi connectivity index (χ0v) is 14.0. The molecule has 0 radical (unpaired) electrons. The molecule has 2 aliphatic rings. The van der Waals surface area contributed by atoms with Gasteiger partial charge in [0.05, 0.1) is 8.07 Å². The standard InChI is InChI=1S/C19H24OSi/c1-21(2,12-6-11-20)19-10-5-9-18(19)17-13-15-7-3-4-8-16(15)14-17/h3-5,7-8,10,13,20H,6,9,11-12,14H2,1-2H3. The number of rotatable bonds is 5. The molecule has 110 valence electrons. The molecular weight excluding hydrogens is 272 g/mol. The molecule has 0 aromatic heterocycles. The van der Waals surface area contributed by atoms with Gasteiger partial charge in [-0.2, -0.15) is 0 Å². The van der Waals surface area contributed by atoms with Crippen molar-refractivity contribution in [3.05, 3.63) is 63.9 Å². The smallest absolute Gasteiger partial charge is 0.0810 e. The lowest BCUT2D eigenvalue weighted by atomic mass is 10.0. The van der Waals surface area contributed by atoms with E-state index in [1.165, 1.54) is 22.7 Å². The van der Waals surface area contributed by atoms with Gasteiger partial charge in [0.1, 0.15) is 0 Å². The van der Waals surface area contributed by atoms with E-state index < -0.39 is 8.07 Å². The van der Waals surface area contributed by atoms with Crippen LogP contribution in [0.2, 0.25) is 19.1 Å². The highest BCUT2D eigenvalue weighted by molar-refractivity contribution is 6.85. The second-order valence-electron chi connectivity index (χ2n) is 6.75. The second kappa shape index (κ2) is 5.78. The van der Waals surface area contributed by atoms with E-state index in [2.05, 4.69) is 55.6 Å². The first kappa shape index (κ1) is 14.5. The second-order valence-corrected chi connectivity index (χ2v) is 11.6. The van der Waals surface area contributed by atoms with Gasteiger partial charge >= 0.3 is 0 Å². The summed E-state index contributed by atoms with van der Waals surface area (Å²) in [6.45, 7) is 5.20. The summed E-state index contributed by atoms with van der Waals surface area (Å²) in [5, 5.41) is 10.8. The maximum Gasteiger partial charge on any atom is 0.0810 e. The zero-order valence-electron chi connectivity index (χ0n) is 13.0. The van der Waals surface area contributed by atoms with Crippen molar-refractivity contribution in [1.29, 1.82) is 0 Å². The molecule has 1 N–H and O–H groups in total. The minimum atomic E-state index is -1.43. The van der Waals surface area contributed by atoms with E-state index in [0.717, 1.165) is 19.3 Å². The highest BCUT2D eigenvalue weighted by atomic mass is 28.3. The monoisotopic (exact) mass is 296 g/mol. The van der Waals surface area contributed by atoms with Crippen molar-refractivity contribution in [2.75, 3.05) is 6.61 Å². The SMILES string of the molecule is C[Si](C)(CCCO)C1=C(C2=Cc3ccccc3C2)CC=C1. The van der Waals surface area contributed by atoms with Crippen molar-refractivity contribution in [2.24, 2.45) is 0 Å². The lowest BCUT2D eigenvalue weighted by molar-refractivity contribution is 0.294. The summed E-state index contributed by atoms with van der Waals surface area (Å²) in [7, 11) is -1.43. The summed E-state index contributed by atoms with van der Waals surface area (Å²) in [6.07, 6.45) is 10.2. The zero-order chi connectivity index (χ0) is 14.9. The van der Waals surface area contributed by atoms with Crippen molar-refractivity contribution in [1.82, 2.24) is 0 Å². The van der Waals surface area contributed by atoms with E-state index in [-0.39, 0.29) is 0 Å². The molecule has 1 aromatic rings. The Morgan fingerprint density at radius 1 is 1.19 bits per heavy atom. The first-order valence-corrected chi connectivity index (χ1v) is 11.1. The van der Waals surface area contributed by atoms with Gasteiger partial charge in [-0.15, -0.1) is 0 Å². The molecule has 2 heteroatoms. The van der Waals surface area contributed by atoms with Gasteiger partial charge in [0, 0.05) is 6.61 Å². The Morgan fingerprint density at radius 2 is 2.00 bits per heavy atom. The maximum absolute atomic E-state index is 9.14. The Kier molecular flexibility index (Phi) is 4.00. The topological polar surface area (TPSA) is 20.2 Å². The van der Waals surface area contributed by atoms with Crippen molar-refractivity contribution in [2.45, 2.75) is 38.4 Å². The van der Waals surface area contributed by atoms with E-state index in [4.69, 9.17) is 5.11 Å². The molecule has 0 bridgehead atoms. The van der Waals surface area contributed by atoms with Gasteiger partial charge in [0.25, 0.3) is 0 Å². The maximum atomic E-state index is 9.14. The highest BCUT2D eigenvalue weighted by Gasteiger charge is 2.30. The van der Waals surface area contributed by atoms with Crippen LogP contribution in [0.25, 0.3) is 6.08 Å². The van der Waals surface area contributed by atoms with Crippen LogP contribution in [-0.2, 0) is 6.42 Å². The van der Waals surface area contributed by atoms with Crippen molar-refractivity contribution in [3.8, 4) is 0 Å². The molecule has 0 heterocycles. The van der Waals surface area contributed by atoms with Crippen molar-refractivity contribution < 1.29 is 5.11 Å². The molecule has 0 fully saturated rings. The number of benzene rings is 1. The number of aliphatic hydroxyl groups is 1. The average molecular weight is 296 g/mol.